The van der Waals surface area contributed by atoms with Crippen LogP contribution in [0, 0.1) is 11.7 Å². The summed E-state index contributed by atoms with van der Waals surface area (Å²) >= 11 is 0. The maximum atomic E-state index is 13.4. The van der Waals surface area contributed by atoms with Gasteiger partial charge in [0.05, 0.1) is 0 Å². The number of allylic oxidation sites excluding steroid dienone is 1. The van der Waals surface area contributed by atoms with Crippen molar-refractivity contribution in [2.45, 2.75) is 12.8 Å². The second-order valence-corrected chi connectivity index (χ2v) is 4.49. The largest absolute Gasteiger partial charge is 0.465 e. The molecule has 0 radical (unpaired) electrons. The zero-order valence-corrected chi connectivity index (χ0v) is 10.1. The molecule has 0 saturated carbocycles. The average molecular weight is 249 g/mol. The molecule has 0 aromatic heterocycles. The normalized spacial score (nSPS) is 17.3. The van der Waals surface area contributed by atoms with Gasteiger partial charge in [0.25, 0.3) is 0 Å². The predicted molar refractivity (Wildman–Crippen MR) is 67.8 cm³/mol. The Morgan fingerprint density at radius 3 is 2.61 bits per heavy atom. The summed E-state index contributed by atoms with van der Waals surface area (Å²) in [7, 11) is 0. The first-order chi connectivity index (χ1) is 8.66. The highest BCUT2D eigenvalue weighted by Gasteiger charge is 2.20. The Kier molecular flexibility index (Phi) is 3.97. The van der Waals surface area contributed by atoms with Crippen LogP contribution in [0.1, 0.15) is 18.4 Å². The molecule has 0 bridgehead atoms. The van der Waals surface area contributed by atoms with E-state index < -0.39 is 6.09 Å². The van der Waals surface area contributed by atoms with Crippen LogP contribution < -0.4 is 0 Å². The Hall–Kier alpha value is -1.84. The predicted octanol–water partition coefficient (Wildman–Crippen LogP) is 3.23. The standard InChI is InChI=1S/C14H16FNO2/c15-13-4-2-1-3-12(13)6-5-11-7-9-16(10-8-11)14(17)18/h1-6,11H,7-10H2,(H,17,18). The maximum Gasteiger partial charge on any atom is 0.407 e. The number of rotatable bonds is 2. The van der Waals surface area contributed by atoms with E-state index in [0.717, 1.165) is 12.8 Å². The molecule has 0 spiro atoms. The molecule has 4 heteroatoms. The van der Waals surface area contributed by atoms with Crippen molar-refractivity contribution >= 4 is 12.2 Å². The van der Waals surface area contributed by atoms with Crippen LogP contribution in [-0.4, -0.2) is 29.2 Å². The summed E-state index contributed by atoms with van der Waals surface area (Å²) in [4.78, 5) is 12.2. The average Bonchev–Trinajstić information content (AvgIpc) is 2.38. The lowest BCUT2D eigenvalue weighted by molar-refractivity contribution is 0.129. The lowest BCUT2D eigenvalue weighted by atomic mass is 9.96. The lowest BCUT2D eigenvalue weighted by Gasteiger charge is -2.28. The minimum absolute atomic E-state index is 0.225. The van der Waals surface area contributed by atoms with Crippen LogP contribution >= 0.6 is 0 Å². The molecule has 0 unspecified atom stereocenters. The van der Waals surface area contributed by atoms with E-state index in [2.05, 4.69) is 0 Å². The number of benzene rings is 1. The highest BCUT2D eigenvalue weighted by Crippen LogP contribution is 2.20. The van der Waals surface area contributed by atoms with Gasteiger partial charge in [-0.1, -0.05) is 30.4 Å². The molecule has 1 saturated heterocycles. The summed E-state index contributed by atoms with van der Waals surface area (Å²) in [6.07, 6.45) is 4.52. The first-order valence-corrected chi connectivity index (χ1v) is 6.07. The Bertz CT molecular complexity index is 451. The van der Waals surface area contributed by atoms with Crippen LogP contribution in [0.4, 0.5) is 9.18 Å². The molecule has 1 heterocycles. The van der Waals surface area contributed by atoms with Crippen LogP contribution in [0.15, 0.2) is 30.3 Å². The van der Waals surface area contributed by atoms with Crippen LogP contribution in [0.3, 0.4) is 0 Å². The minimum Gasteiger partial charge on any atom is -0.465 e. The zero-order chi connectivity index (χ0) is 13.0. The van der Waals surface area contributed by atoms with E-state index in [-0.39, 0.29) is 5.82 Å². The van der Waals surface area contributed by atoms with E-state index in [4.69, 9.17) is 5.11 Å². The number of carboxylic acid groups (broad SMARTS) is 1. The molecular weight excluding hydrogens is 233 g/mol. The molecule has 96 valence electrons. The fourth-order valence-electron chi connectivity index (χ4n) is 2.13. The van der Waals surface area contributed by atoms with Crippen molar-refractivity contribution in [1.29, 1.82) is 0 Å². The molecule has 1 aliphatic heterocycles. The Balaban J connectivity index is 1.92. The third-order valence-electron chi connectivity index (χ3n) is 3.26. The van der Waals surface area contributed by atoms with Crippen molar-refractivity contribution in [3.63, 3.8) is 0 Å². The van der Waals surface area contributed by atoms with Crippen LogP contribution in [0.25, 0.3) is 6.08 Å². The van der Waals surface area contributed by atoms with E-state index >= 15 is 0 Å². The minimum atomic E-state index is -0.855. The van der Waals surface area contributed by atoms with Gasteiger partial charge in [0, 0.05) is 18.7 Å². The van der Waals surface area contributed by atoms with Gasteiger partial charge in [-0.05, 0) is 24.8 Å². The van der Waals surface area contributed by atoms with Crippen LogP contribution in [-0.2, 0) is 0 Å². The van der Waals surface area contributed by atoms with Crippen molar-refractivity contribution in [2.24, 2.45) is 5.92 Å². The number of hydrogen-bond donors (Lipinski definition) is 1. The van der Waals surface area contributed by atoms with E-state index in [1.807, 2.05) is 6.08 Å². The number of hydrogen-bond acceptors (Lipinski definition) is 1. The summed E-state index contributed by atoms with van der Waals surface area (Å²) in [6, 6.07) is 6.64. The molecule has 3 nitrogen and oxygen atoms in total. The molecule has 18 heavy (non-hydrogen) atoms. The molecule has 0 atom stereocenters. The number of piperidine rings is 1. The molecule has 1 fully saturated rings. The zero-order valence-electron chi connectivity index (χ0n) is 10.1. The molecular formula is C14H16FNO2. The smallest absolute Gasteiger partial charge is 0.407 e. The number of halogens is 1. The van der Waals surface area contributed by atoms with E-state index in [9.17, 15) is 9.18 Å². The molecule has 2 rings (SSSR count). The van der Waals surface area contributed by atoms with E-state index in [1.165, 1.54) is 11.0 Å². The molecule has 1 aromatic rings. The van der Waals surface area contributed by atoms with Gasteiger partial charge < -0.3 is 10.0 Å². The third-order valence-corrected chi connectivity index (χ3v) is 3.26. The fourth-order valence-corrected chi connectivity index (χ4v) is 2.13. The van der Waals surface area contributed by atoms with Gasteiger partial charge in [0.2, 0.25) is 0 Å². The Morgan fingerprint density at radius 2 is 2.00 bits per heavy atom. The van der Waals surface area contributed by atoms with Crippen molar-refractivity contribution in [2.75, 3.05) is 13.1 Å². The van der Waals surface area contributed by atoms with Crippen molar-refractivity contribution in [1.82, 2.24) is 4.90 Å². The number of carbonyl (C=O) groups is 1. The quantitative estimate of drug-likeness (QED) is 0.874. The first-order valence-electron chi connectivity index (χ1n) is 6.07. The summed E-state index contributed by atoms with van der Waals surface area (Å²) in [5.41, 5.74) is 0.582. The van der Waals surface area contributed by atoms with E-state index in [0.29, 0.717) is 24.6 Å². The van der Waals surface area contributed by atoms with Gasteiger partial charge in [-0.15, -0.1) is 0 Å². The van der Waals surface area contributed by atoms with Crippen molar-refractivity contribution in [3.05, 3.63) is 41.7 Å². The van der Waals surface area contributed by atoms with Gasteiger partial charge in [-0.2, -0.15) is 0 Å². The monoisotopic (exact) mass is 249 g/mol. The number of nitrogens with zero attached hydrogens (tertiary/aromatic N) is 1. The van der Waals surface area contributed by atoms with Crippen LogP contribution in [0.5, 0.6) is 0 Å². The lowest BCUT2D eigenvalue weighted by Crippen LogP contribution is -2.36. The van der Waals surface area contributed by atoms with Gasteiger partial charge >= 0.3 is 6.09 Å². The van der Waals surface area contributed by atoms with Gasteiger partial charge in [-0.3, -0.25) is 0 Å². The maximum absolute atomic E-state index is 13.4. The molecule has 1 aromatic carbocycles. The highest BCUT2D eigenvalue weighted by atomic mass is 19.1. The first kappa shape index (κ1) is 12.6. The summed E-state index contributed by atoms with van der Waals surface area (Å²) < 4.78 is 13.4. The molecule has 1 aliphatic rings. The van der Waals surface area contributed by atoms with Gasteiger partial charge in [-0.25, -0.2) is 9.18 Å². The van der Waals surface area contributed by atoms with Gasteiger partial charge in [0.1, 0.15) is 5.82 Å². The number of likely N-dealkylation sites (tertiary alicyclic amines) is 1. The second kappa shape index (κ2) is 5.67. The second-order valence-electron chi connectivity index (χ2n) is 4.49. The fraction of sp³-hybridized carbons (Fsp3) is 0.357. The molecule has 1 N–H and O–H groups in total. The van der Waals surface area contributed by atoms with Crippen molar-refractivity contribution in [3.8, 4) is 0 Å². The third kappa shape index (κ3) is 3.09. The Morgan fingerprint density at radius 1 is 1.33 bits per heavy atom. The topological polar surface area (TPSA) is 40.5 Å². The SMILES string of the molecule is O=C(O)N1CCC(C=Cc2ccccc2F)CC1. The van der Waals surface area contributed by atoms with Crippen LogP contribution in [0.2, 0.25) is 0 Å². The summed E-state index contributed by atoms with van der Waals surface area (Å²) in [5, 5.41) is 8.83. The van der Waals surface area contributed by atoms with Gasteiger partial charge in [0.15, 0.2) is 0 Å². The Labute approximate surface area is 106 Å². The van der Waals surface area contributed by atoms with E-state index in [1.54, 1.807) is 24.3 Å². The number of amides is 1. The molecule has 0 aliphatic carbocycles. The highest BCUT2D eigenvalue weighted by molar-refractivity contribution is 5.65. The van der Waals surface area contributed by atoms with Crippen molar-refractivity contribution < 1.29 is 14.3 Å². The summed E-state index contributed by atoms with van der Waals surface area (Å²) in [6.45, 7) is 1.11. The summed E-state index contributed by atoms with van der Waals surface area (Å²) in [5.74, 6) is 0.108. The molecule has 1 amide bonds.